The molecular formula is C14H14N4O. The van der Waals surface area contributed by atoms with E-state index in [-0.39, 0.29) is 0 Å². The highest BCUT2D eigenvalue weighted by Crippen LogP contribution is 2.16. The number of benzene rings is 1. The smallest absolute Gasteiger partial charge is 0.276 e. The third-order valence-electron chi connectivity index (χ3n) is 2.99. The second-order valence-electron chi connectivity index (χ2n) is 4.34. The molecule has 0 spiro atoms. The van der Waals surface area contributed by atoms with E-state index in [1.165, 1.54) is 5.56 Å². The molecule has 0 aliphatic carbocycles. The van der Waals surface area contributed by atoms with Gasteiger partial charge in [0.05, 0.1) is 0 Å². The van der Waals surface area contributed by atoms with Gasteiger partial charge in [0.25, 0.3) is 5.89 Å². The molecule has 0 amide bonds. The van der Waals surface area contributed by atoms with Crippen LogP contribution in [-0.2, 0) is 19.9 Å². The number of rotatable bonds is 4. The molecule has 3 aromatic rings. The molecule has 0 N–H and O–H groups in total. The van der Waals surface area contributed by atoms with Gasteiger partial charge in [-0.1, -0.05) is 35.5 Å². The van der Waals surface area contributed by atoms with E-state index in [0.717, 1.165) is 24.4 Å². The molecule has 2 aromatic heterocycles. The molecule has 0 fully saturated rings. The van der Waals surface area contributed by atoms with Crippen molar-refractivity contribution in [3.05, 3.63) is 54.0 Å². The van der Waals surface area contributed by atoms with Gasteiger partial charge in [-0.15, -0.1) is 0 Å². The van der Waals surface area contributed by atoms with Gasteiger partial charge in [-0.05, 0) is 18.1 Å². The van der Waals surface area contributed by atoms with Gasteiger partial charge in [0, 0.05) is 19.7 Å². The largest absolute Gasteiger partial charge is 0.332 e. The van der Waals surface area contributed by atoms with Gasteiger partial charge in [-0.2, -0.15) is 10.1 Å². The Kier molecular flexibility index (Phi) is 3.10. The van der Waals surface area contributed by atoms with E-state index < -0.39 is 0 Å². The Bertz CT molecular complexity index is 657. The van der Waals surface area contributed by atoms with Crippen molar-refractivity contribution in [2.24, 2.45) is 7.05 Å². The molecule has 0 aliphatic heterocycles. The molecule has 0 aliphatic rings. The third kappa shape index (κ3) is 2.54. The van der Waals surface area contributed by atoms with Gasteiger partial charge >= 0.3 is 0 Å². The van der Waals surface area contributed by atoms with Gasteiger partial charge in [-0.3, -0.25) is 4.68 Å². The van der Waals surface area contributed by atoms with Gasteiger partial charge < -0.3 is 4.52 Å². The first-order valence-corrected chi connectivity index (χ1v) is 6.18. The minimum Gasteiger partial charge on any atom is -0.332 e. The molecule has 19 heavy (non-hydrogen) atoms. The molecule has 5 heteroatoms. The minimum absolute atomic E-state index is 0.517. The van der Waals surface area contributed by atoms with Gasteiger partial charge in [0.15, 0.2) is 5.82 Å². The second-order valence-corrected chi connectivity index (χ2v) is 4.34. The average molecular weight is 254 g/mol. The summed E-state index contributed by atoms with van der Waals surface area (Å²) >= 11 is 0. The summed E-state index contributed by atoms with van der Waals surface area (Å²) in [4.78, 5) is 4.39. The van der Waals surface area contributed by atoms with Crippen LogP contribution in [0, 0.1) is 0 Å². The van der Waals surface area contributed by atoms with Crippen molar-refractivity contribution in [2.45, 2.75) is 12.8 Å². The Morgan fingerprint density at radius 1 is 1.11 bits per heavy atom. The zero-order chi connectivity index (χ0) is 13.1. The first-order chi connectivity index (χ1) is 9.33. The SMILES string of the molecule is Cn1nccc1-c1nc(CCc2ccccc2)no1. The standard InChI is InChI=1S/C14H14N4O/c1-18-12(9-10-15-18)14-16-13(17-19-14)8-7-11-5-3-2-4-6-11/h2-6,9-10H,7-8H2,1H3. The van der Waals surface area contributed by atoms with E-state index >= 15 is 0 Å². The van der Waals surface area contributed by atoms with Crippen LogP contribution in [-0.4, -0.2) is 19.9 Å². The monoisotopic (exact) mass is 254 g/mol. The third-order valence-corrected chi connectivity index (χ3v) is 2.99. The molecule has 0 atom stereocenters. The Morgan fingerprint density at radius 3 is 2.68 bits per heavy atom. The van der Waals surface area contributed by atoms with E-state index in [1.54, 1.807) is 10.9 Å². The summed E-state index contributed by atoms with van der Waals surface area (Å²) < 4.78 is 6.97. The highest BCUT2D eigenvalue weighted by atomic mass is 16.5. The number of hydrogen-bond donors (Lipinski definition) is 0. The normalized spacial score (nSPS) is 10.8. The Labute approximate surface area is 110 Å². The minimum atomic E-state index is 0.517. The number of aryl methyl sites for hydroxylation is 3. The molecule has 5 nitrogen and oxygen atoms in total. The van der Waals surface area contributed by atoms with Crippen molar-refractivity contribution in [2.75, 3.05) is 0 Å². The van der Waals surface area contributed by atoms with Crippen molar-refractivity contribution in [1.82, 2.24) is 19.9 Å². The lowest BCUT2D eigenvalue weighted by molar-refractivity contribution is 0.419. The van der Waals surface area contributed by atoms with Crippen LogP contribution in [0.3, 0.4) is 0 Å². The quantitative estimate of drug-likeness (QED) is 0.716. The van der Waals surface area contributed by atoms with E-state index in [2.05, 4.69) is 27.4 Å². The fraction of sp³-hybridized carbons (Fsp3) is 0.214. The Hall–Kier alpha value is -2.43. The summed E-state index contributed by atoms with van der Waals surface area (Å²) in [6.07, 6.45) is 3.39. The lowest BCUT2D eigenvalue weighted by Crippen LogP contribution is -1.95. The highest BCUT2D eigenvalue weighted by Gasteiger charge is 2.11. The van der Waals surface area contributed by atoms with Crippen LogP contribution >= 0.6 is 0 Å². The van der Waals surface area contributed by atoms with Crippen LogP contribution in [0.4, 0.5) is 0 Å². The molecule has 0 radical (unpaired) electrons. The zero-order valence-electron chi connectivity index (χ0n) is 10.7. The van der Waals surface area contributed by atoms with Crippen molar-refractivity contribution >= 4 is 0 Å². The van der Waals surface area contributed by atoms with Gasteiger partial charge in [0.2, 0.25) is 0 Å². The number of hydrogen-bond acceptors (Lipinski definition) is 4. The molecule has 2 heterocycles. The van der Waals surface area contributed by atoms with Crippen LogP contribution < -0.4 is 0 Å². The number of aromatic nitrogens is 4. The maximum atomic E-state index is 5.26. The van der Waals surface area contributed by atoms with Crippen LogP contribution in [0.15, 0.2) is 47.1 Å². The molecular weight excluding hydrogens is 240 g/mol. The van der Waals surface area contributed by atoms with Crippen LogP contribution in [0.5, 0.6) is 0 Å². The summed E-state index contributed by atoms with van der Waals surface area (Å²) in [5.74, 6) is 1.24. The zero-order valence-corrected chi connectivity index (χ0v) is 10.7. The fourth-order valence-electron chi connectivity index (χ4n) is 1.94. The van der Waals surface area contributed by atoms with E-state index in [1.807, 2.05) is 31.3 Å². The first kappa shape index (κ1) is 11.6. The maximum absolute atomic E-state index is 5.26. The molecule has 0 unspecified atom stereocenters. The molecule has 1 aromatic carbocycles. The van der Waals surface area contributed by atoms with E-state index in [9.17, 15) is 0 Å². The molecule has 3 rings (SSSR count). The van der Waals surface area contributed by atoms with Crippen molar-refractivity contribution in [3.8, 4) is 11.6 Å². The molecule has 96 valence electrons. The predicted octanol–water partition coefficient (Wildman–Crippen LogP) is 2.26. The predicted molar refractivity (Wildman–Crippen MR) is 70.4 cm³/mol. The number of nitrogens with zero attached hydrogens (tertiary/aromatic N) is 4. The summed E-state index contributed by atoms with van der Waals surface area (Å²) in [5, 5.41) is 8.09. The molecule has 0 saturated carbocycles. The Balaban J connectivity index is 1.71. The topological polar surface area (TPSA) is 56.7 Å². The van der Waals surface area contributed by atoms with Gasteiger partial charge in [0.1, 0.15) is 5.69 Å². The Morgan fingerprint density at radius 2 is 1.95 bits per heavy atom. The van der Waals surface area contributed by atoms with Crippen LogP contribution in [0.1, 0.15) is 11.4 Å². The fourth-order valence-corrected chi connectivity index (χ4v) is 1.94. The summed E-state index contributed by atoms with van der Waals surface area (Å²) in [7, 11) is 1.85. The summed E-state index contributed by atoms with van der Waals surface area (Å²) in [6, 6.07) is 12.1. The average Bonchev–Trinajstić information content (AvgIpc) is 3.06. The maximum Gasteiger partial charge on any atom is 0.276 e. The molecule has 0 saturated heterocycles. The van der Waals surface area contributed by atoms with Crippen molar-refractivity contribution < 1.29 is 4.52 Å². The van der Waals surface area contributed by atoms with Crippen LogP contribution in [0.25, 0.3) is 11.6 Å². The van der Waals surface area contributed by atoms with E-state index in [0.29, 0.717) is 5.89 Å². The highest BCUT2D eigenvalue weighted by molar-refractivity contribution is 5.45. The van der Waals surface area contributed by atoms with Crippen molar-refractivity contribution in [3.63, 3.8) is 0 Å². The second kappa shape index (κ2) is 5.06. The van der Waals surface area contributed by atoms with Crippen molar-refractivity contribution in [1.29, 1.82) is 0 Å². The summed E-state index contributed by atoms with van der Waals surface area (Å²) in [6.45, 7) is 0. The molecule has 0 bridgehead atoms. The van der Waals surface area contributed by atoms with Gasteiger partial charge in [-0.25, -0.2) is 0 Å². The van der Waals surface area contributed by atoms with E-state index in [4.69, 9.17) is 4.52 Å². The first-order valence-electron chi connectivity index (χ1n) is 6.18. The van der Waals surface area contributed by atoms with Crippen LogP contribution in [0.2, 0.25) is 0 Å². The lowest BCUT2D eigenvalue weighted by atomic mass is 10.1. The summed E-state index contributed by atoms with van der Waals surface area (Å²) in [5.41, 5.74) is 2.10. The lowest BCUT2D eigenvalue weighted by Gasteiger charge is -1.96.